The van der Waals surface area contributed by atoms with Gasteiger partial charge in [0.25, 0.3) is 5.91 Å². The monoisotopic (exact) mass is 470 g/mol. The van der Waals surface area contributed by atoms with E-state index in [0.717, 1.165) is 11.8 Å². The van der Waals surface area contributed by atoms with E-state index in [0.29, 0.717) is 6.42 Å². The number of rotatable bonds is 13. The van der Waals surface area contributed by atoms with E-state index in [1.807, 2.05) is 44.2 Å². The van der Waals surface area contributed by atoms with E-state index in [-0.39, 0.29) is 19.0 Å². The summed E-state index contributed by atoms with van der Waals surface area (Å²) in [7, 11) is -1.98. The van der Waals surface area contributed by atoms with E-state index < -0.39 is 51.5 Å². The number of benzene rings is 1. The molecule has 1 aromatic rings. The van der Waals surface area contributed by atoms with Gasteiger partial charge in [0, 0.05) is 6.26 Å². The zero-order valence-electron chi connectivity index (χ0n) is 18.9. The highest BCUT2D eigenvalue weighted by Gasteiger charge is 2.30. The third-order valence-electron chi connectivity index (χ3n) is 4.81. The second-order valence-electron chi connectivity index (χ2n) is 7.70. The number of aliphatic hydroxyl groups is 1. The average molecular weight is 471 g/mol. The van der Waals surface area contributed by atoms with Gasteiger partial charge in [0.1, 0.15) is 15.9 Å². The SMILES string of the molecule is CCCC(NC(=O)C(CS(C)(=O)=O)NC)C(O)C(=O)NCC(=O)N[C@H](C)c1ccccc1. The number of sulfone groups is 1. The van der Waals surface area contributed by atoms with Crippen molar-refractivity contribution in [3.63, 3.8) is 0 Å². The Kier molecular flexibility index (Phi) is 11.3. The van der Waals surface area contributed by atoms with Crippen LogP contribution < -0.4 is 21.3 Å². The third-order valence-corrected chi connectivity index (χ3v) is 5.75. The minimum absolute atomic E-state index is 0.258. The predicted octanol–water partition coefficient (Wildman–Crippen LogP) is -0.742. The number of hydrogen-bond donors (Lipinski definition) is 5. The van der Waals surface area contributed by atoms with Crippen molar-refractivity contribution >= 4 is 27.6 Å². The summed E-state index contributed by atoms with van der Waals surface area (Å²) < 4.78 is 23.0. The van der Waals surface area contributed by atoms with Gasteiger partial charge in [0.2, 0.25) is 11.8 Å². The first-order valence-corrected chi connectivity index (χ1v) is 12.5. The largest absolute Gasteiger partial charge is 0.381 e. The maximum atomic E-state index is 12.4. The van der Waals surface area contributed by atoms with Gasteiger partial charge in [-0.3, -0.25) is 14.4 Å². The quantitative estimate of drug-likeness (QED) is 0.254. The molecule has 180 valence electrons. The van der Waals surface area contributed by atoms with Crippen LogP contribution >= 0.6 is 0 Å². The van der Waals surface area contributed by atoms with Crippen LogP contribution in [0.1, 0.15) is 38.3 Å². The van der Waals surface area contributed by atoms with Crippen LogP contribution in [0.25, 0.3) is 0 Å². The van der Waals surface area contributed by atoms with Crippen molar-refractivity contribution in [1.82, 2.24) is 21.3 Å². The van der Waals surface area contributed by atoms with Gasteiger partial charge >= 0.3 is 0 Å². The van der Waals surface area contributed by atoms with Gasteiger partial charge in [-0.05, 0) is 26.0 Å². The molecule has 3 unspecified atom stereocenters. The number of likely N-dealkylation sites (N-methyl/N-ethyl adjacent to an activating group) is 1. The standard InChI is InChI=1S/C21H34N4O6S/c1-5-9-16(25-20(28)17(22-3)13-32(4,30)31)19(27)21(29)23-12-18(26)24-14(2)15-10-7-6-8-11-15/h6-8,10-11,14,16-17,19,22,27H,5,9,12-13H2,1-4H3,(H,23,29)(H,24,26)(H,25,28)/t14-,16?,17?,19?/m1/s1. The Morgan fingerprint density at radius 2 is 1.69 bits per heavy atom. The minimum Gasteiger partial charge on any atom is -0.381 e. The summed E-state index contributed by atoms with van der Waals surface area (Å²) in [6.45, 7) is 3.28. The molecule has 0 spiro atoms. The normalized spacial score (nSPS) is 15.2. The molecule has 0 radical (unpaired) electrons. The number of amides is 3. The zero-order chi connectivity index (χ0) is 24.3. The van der Waals surface area contributed by atoms with E-state index in [2.05, 4.69) is 21.3 Å². The molecule has 11 heteroatoms. The van der Waals surface area contributed by atoms with Crippen molar-refractivity contribution in [1.29, 1.82) is 0 Å². The molecule has 0 aromatic heterocycles. The molecule has 3 amide bonds. The Hall–Kier alpha value is -2.50. The summed E-state index contributed by atoms with van der Waals surface area (Å²) in [5, 5.41) is 20.7. The molecule has 0 aliphatic heterocycles. The van der Waals surface area contributed by atoms with Gasteiger partial charge < -0.3 is 26.4 Å². The lowest BCUT2D eigenvalue weighted by Crippen LogP contribution is -2.56. The molecular formula is C21H34N4O6S. The second kappa shape index (κ2) is 13.1. The van der Waals surface area contributed by atoms with E-state index in [1.165, 1.54) is 7.05 Å². The molecule has 0 heterocycles. The number of hydrogen-bond acceptors (Lipinski definition) is 7. The summed E-state index contributed by atoms with van der Waals surface area (Å²) >= 11 is 0. The fraction of sp³-hybridized carbons (Fsp3) is 0.571. The lowest BCUT2D eigenvalue weighted by molar-refractivity contribution is -0.134. The van der Waals surface area contributed by atoms with E-state index in [4.69, 9.17) is 0 Å². The molecule has 1 rings (SSSR count). The van der Waals surface area contributed by atoms with Crippen molar-refractivity contribution in [2.45, 2.75) is 50.9 Å². The number of carbonyl (C=O) groups excluding carboxylic acids is 3. The van der Waals surface area contributed by atoms with Crippen molar-refractivity contribution in [2.24, 2.45) is 0 Å². The van der Waals surface area contributed by atoms with Crippen LogP contribution in [0.3, 0.4) is 0 Å². The summed E-state index contributed by atoms with van der Waals surface area (Å²) in [6.07, 6.45) is 0.252. The van der Waals surface area contributed by atoms with Crippen LogP contribution in [-0.2, 0) is 24.2 Å². The smallest absolute Gasteiger partial charge is 0.251 e. The predicted molar refractivity (Wildman–Crippen MR) is 121 cm³/mol. The van der Waals surface area contributed by atoms with E-state index >= 15 is 0 Å². The number of nitrogens with one attached hydrogen (secondary N) is 4. The lowest BCUT2D eigenvalue weighted by atomic mass is 10.0. The van der Waals surface area contributed by atoms with Crippen LogP contribution in [0.2, 0.25) is 0 Å². The van der Waals surface area contributed by atoms with Crippen molar-refractivity contribution < 1.29 is 27.9 Å². The Bertz CT molecular complexity index is 862. The van der Waals surface area contributed by atoms with Crippen LogP contribution in [0.4, 0.5) is 0 Å². The van der Waals surface area contributed by atoms with Gasteiger partial charge in [0.15, 0.2) is 6.10 Å². The van der Waals surface area contributed by atoms with Crippen molar-refractivity contribution in [2.75, 3.05) is 25.6 Å². The first-order valence-electron chi connectivity index (χ1n) is 10.4. The molecule has 4 atom stereocenters. The van der Waals surface area contributed by atoms with Crippen LogP contribution in [0, 0.1) is 0 Å². The fourth-order valence-corrected chi connectivity index (χ4v) is 3.99. The highest BCUT2D eigenvalue weighted by Crippen LogP contribution is 2.10. The second-order valence-corrected chi connectivity index (χ2v) is 9.88. The Morgan fingerprint density at radius 3 is 2.22 bits per heavy atom. The fourth-order valence-electron chi connectivity index (χ4n) is 3.07. The zero-order valence-corrected chi connectivity index (χ0v) is 19.7. The highest BCUT2D eigenvalue weighted by atomic mass is 32.2. The molecule has 0 aliphatic rings. The summed E-state index contributed by atoms with van der Waals surface area (Å²) in [5.74, 6) is -2.30. The Balaban J connectivity index is 2.65. The van der Waals surface area contributed by atoms with Crippen LogP contribution in [-0.4, -0.2) is 75.0 Å². The molecular weight excluding hydrogens is 436 g/mol. The number of aliphatic hydroxyl groups excluding tert-OH is 1. The maximum Gasteiger partial charge on any atom is 0.251 e. The van der Waals surface area contributed by atoms with Crippen molar-refractivity contribution in [3.8, 4) is 0 Å². The van der Waals surface area contributed by atoms with Gasteiger partial charge in [-0.1, -0.05) is 43.7 Å². The van der Waals surface area contributed by atoms with Crippen molar-refractivity contribution in [3.05, 3.63) is 35.9 Å². The molecule has 10 nitrogen and oxygen atoms in total. The summed E-state index contributed by atoms with van der Waals surface area (Å²) in [6, 6.07) is 7.09. The maximum absolute atomic E-state index is 12.4. The van der Waals surface area contributed by atoms with Gasteiger partial charge in [-0.2, -0.15) is 0 Å². The Morgan fingerprint density at radius 1 is 1.06 bits per heavy atom. The minimum atomic E-state index is -3.42. The Labute approximate surface area is 189 Å². The molecule has 5 N–H and O–H groups in total. The third kappa shape index (κ3) is 9.75. The van der Waals surface area contributed by atoms with Gasteiger partial charge in [0.05, 0.1) is 24.4 Å². The van der Waals surface area contributed by atoms with E-state index in [1.54, 1.807) is 0 Å². The molecule has 0 saturated carbocycles. The molecule has 0 fully saturated rings. The average Bonchev–Trinajstić information content (AvgIpc) is 2.74. The highest BCUT2D eigenvalue weighted by molar-refractivity contribution is 7.90. The topological polar surface area (TPSA) is 154 Å². The first kappa shape index (κ1) is 27.5. The summed E-state index contributed by atoms with van der Waals surface area (Å²) in [5.41, 5.74) is 0.908. The number of carbonyl (C=O) groups is 3. The molecule has 0 saturated heterocycles. The van der Waals surface area contributed by atoms with Gasteiger partial charge in [-0.15, -0.1) is 0 Å². The molecule has 0 aliphatic carbocycles. The molecule has 1 aromatic carbocycles. The molecule has 32 heavy (non-hydrogen) atoms. The van der Waals surface area contributed by atoms with Gasteiger partial charge in [-0.25, -0.2) is 8.42 Å². The van der Waals surface area contributed by atoms with Crippen LogP contribution in [0.5, 0.6) is 0 Å². The van der Waals surface area contributed by atoms with E-state index in [9.17, 15) is 27.9 Å². The lowest BCUT2D eigenvalue weighted by Gasteiger charge is -2.25. The molecule has 0 bridgehead atoms. The summed E-state index contributed by atoms with van der Waals surface area (Å²) in [4.78, 5) is 37.0. The first-order chi connectivity index (χ1) is 15.0. The van der Waals surface area contributed by atoms with Crippen LogP contribution in [0.15, 0.2) is 30.3 Å².